The van der Waals surface area contributed by atoms with Crippen molar-refractivity contribution in [2.75, 3.05) is 5.32 Å². The molecule has 3 nitrogen and oxygen atoms in total. The molecular weight excluding hydrogens is 272 g/mol. The number of carbonyl (C=O) groups is 1. The molecule has 0 aromatic heterocycles. The smallest absolute Gasteiger partial charge is 0.228 e. The number of fused-ring (bicyclic) bond motifs is 5. The Kier molecular flexibility index (Phi) is 2.59. The monoisotopic (exact) mass is 286 g/mol. The SMILES string of the molecule is N#Cc1ccc(NC(=O)C2C3C4CCC(C4)C23)c(Cl)c1. The third-order valence-electron chi connectivity index (χ3n) is 5.39. The van der Waals surface area contributed by atoms with Gasteiger partial charge in [-0.15, -0.1) is 0 Å². The number of nitriles is 1. The lowest BCUT2D eigenvalue weighted by Crippen LogP contribution is -2.18. The number of hydrogen-bond donors (Lipinski definition) is 1. The number of anilines is 1. The molecule has 3 aliphatic carbocycles. The molecule has 4 heteroatoms. The first kappa shape index (κ1) is 12.2. The minimum Gasteiger partial charge on any atom is -0.325 e. The molecule has 0 saturated heterocycles. The van der Waals surface area contributed by atoms with E-state index in [0.29, 0.717) is 28.1 Å². The van der Waals surface area contributed by atoms with Gasteiger partial charge in [-0.1, -0.05) is 11.6 Å². The molecule has 2 bridgehead atoms. The van der Waals surface area contributed by atoms with Gasteiger partial charge >= 0.3 is 0 Å². The average Bonchev–Trinajstić information content (AvgIpc) is 2.90. The fourth-order valence-electron chi connectivity index (χ4n) is 4.58. The number of hydrogen-bond acceptors (Lipinski definition) is 2. The summed E-state index contributed by atoms with van der Waals surface area (Å²) in [4.78, 5) is 12.4. The van der Waals surface area contributed by atoms with E-state index in [0.717, 1.165) is 11.8 Å². The van der Waals surface area contributed by atoms with E-state index >= 15 is 0 Å². The zero-order valence-electron chi connectivity index (χ0n) is 11.0. The van der Waals surface area contributed by atoms with Crippen LogP contribution in [0.2, 0.25) is 5.02 Å². The van der Waals surface area contributed by atoms with Crippen molar-refractivity contribution in [3.05, 3.63) is 28.8 Å². The van der Waals surface area contributed by atoms with Gasteiger partial charge in [0.05, 0.1) is 22.3 Å². The van der Waals surface area contributed by atoms with Crippen molar-refractivity contribution in [2.24, 2.45) is 29.6 Å². The predicted molar refractivity (Wildman–Crippen MR) is 76.1 cm³/mol. The zero-order valence-corrected chi connectivity index (χ0v) is 11.7. The highest BCUT2D eigenvalue weighted by Gasteiger charge is 2.67. The van der Waals surface area contributed by atoms with Crippen LogP contribution in [-0.4, -0.2) is 5.91 Å². The van der Waals surface area contributed by atoms with Crippen molar-refractivity contribution in [1.29, 1.82) is 5.26 Å². The Morgan fingerprint density at radius 2 is 2.00 bits per heavy atom. The molecule has 1 amide bonds. The Morgan fingerprint density at radius 1 is 1.30 bits per heavy atom. The van der Waals surface area contributed by atoms with E-state index in [1.165, 1.54) is 19.3 Å². The van der Waals surface area contributed by atoms with E-state index in [1.54, 1.807) is 18.2 Å². The molecule has 102 valence electrons. The van der Waals surface area contributed by atoms with E-state index in [1.807, 2.05) is 6.07 Å². The lowest BCUT2D eigenvalue weighted by Gasteiger charge is -2.10. The summed E-state index contributed by atoms with van der Waals surface area (Å²) in [5, 5.41) is 12.2. The summed E-state index contributed by atoms with van der Waals surface area (Å²) < 4.78 is 0. The van der Waals surface area contributed by atoms with Gasteiger partial charge in [0.1, 0.15) is 0 Å². The van der Waals surface area contributed by atoms with Crippen LogP contribution >= 0.6 is 11.6 Å². The Balaban J connectivity index is 1.48. The van der Waals surface area contributed by atoms with Crippen molar-refractivity contribution in [3.8, 4) is 6.07 Å². The summed E-state index contributed by atoms with van der Waals surface area (Å²) >= 11 is 6.10. The molecule has 0 heterocycles. The molecule has 3 fully saturated rings. The molecule has 0 spiro atoms. The van der Waals surface area contributed by atoms with E-state index in [9.17, 15) is 4.79 Å². The van der Waals surface area contributed by atoms with Gasteiger partial charge in [-0.2, -0.15) is 5.26 Å². The third kappa shape index (κ3) is 1.68. The highest BCUT2D eigenvalue weighted by atomic mass is 35.5. The molecule has 4 atom stereocenters. The topological polar surface area (TPSA) is 52.9 Å². The number of nitrogens with one attached hydrogen (secondary N) is 1. The average molecular weight is 287 g/mol. The summed E-state index contributed by atoms with van der Waals surface area (Å²) in [5.41, 5.74) is 1.13. The molecule has 1 aromatic carbocycles. The van der Waals surface area contributed by atoms with Crippen molar-refractivity contribution in [3.63, 3.8) is 0 Å². The van der Waals surface area contributed by atoms with E-state index in [4.69, 9.17) is 16.9 Å². The largest absolute Gasteiger partial charge is 0.325 e. The highest BCUT2D eigenvalue weighted by Crippen LogP contribution is 2.69. The van der Waals surface area contributed by atoms with E-state index in [2.05, 4.69) is 5.32 Å². The van der Waals surface area contributed by atoms with Gasteiger partial charge in [0.15, 0.2) is 0 Å². The van der Waals surface area contributed by atoms with Crippen molar-refractivity contribution in [2.45, 2.75) is 19.3 Å². The Bertz CT molecular complexity index is 620. The second-order valence-electron chi connectivity index (χ2n) is 6.31. The summed E-state index contributed by atoms with van der Waals surface area (Å²) in [5.74, 6) is 3.15. The number of carbonyl (C=O) groups excluding carboxylic acids is 1. The minimum atomic E-state index is 0.114. The number of nitrogens with zero attached hydrogens (tertiary/aromatic N) is 1. The molecule has 0 radical (unpaired) electrons. The second kappa shape index (κ2) is 4.23. The van der Waals surface area contributed by atoms with Gasteiger partial charge in [-0.25, -0.2) is 0 Å². The van der Waals surface area contributed by atoms with Gasteiger partial charge in [0, 0.05) is 5.92 Å². The van der Waals surface area contributed by atoms with Crippen LogP contribution in [0.4, 0.5) is 5.69 Å². The second-order valence-corrected chi connectivity index (χ2v) is 6.72. The van der Waals surface area contributed by atoms with Crippen molar-refractivity contribution >= 4 is 23.2 Å². The quantitative estimate of drug-likeness (QED) is 0.905. The van der Waals surface area contributed by atoms with Crippen LogP contribution in [0, 0.1) is 40.9 Å². The first-order chi connectivity index (χ1) is 9.69. The molecular formula is C16H15ClN2O. The summed E-state index contributed by atoms with van der Waals surface area (Å²) in [6.07, 6.45) is 3.97. The van der Waals surface area contributed by atoms with Crippen molar-refractivity contribution < 1.29 is 4.79 Å². The van der Waals surface area contributed by atoms with Gasteiger partial charge in [-0.05, 0) is 61.1 Å². The van der Waals surface area contributed by atoms with E-state index in [-0.39, 0.29) is 11.8 Å². The van der Waals surface area contributed by atoms with Gasteiger partial charge in [0.2, 0.25) is 5.91 Å². The molecule has 4 unspecified atom stereocenters. The fraction of sp³-hybridized carbons (Fsp3) is 0.500. The van der Waals surface area contributed by atoms with Gasteiger partial charge in [0.25, 0.3) is 0 Å². The lowest BCUT2D eigenvalue weighted by atomic mass is 10.0. The molecule has 1 aromatic rings. The molecule has 1 N–H and O–H groups in total. The van der Waals surface area contributed by atoms with Crippen LogP contribution in [0.3, 0.4) is 0 Å². The molecule has 3 saturated carbocycles. The maximum absolute atomic E-state index is 12.4. The van der Waals surface area contributed by atoms with Crippen LogP contribution in [-0.2, 0) is 4.79 Å². The first-order valence-electron chi connectivity index (χ1n) is 7.19. The third-order valence-corrected chi connectivity index (χ3v) is 5.71. The molecule has 0 aliphatic heterocycles. The molecule has 4 rings (SSSR count). The zero-order chi connectivity index (χ0) is 13.9. The standard InChI is InChI=1S/C16H15ClN2O/c17-11-5-8(7-18)1-4-12(11)19-16(20)15-13-9-2-3-10(6-9)14(13)15/h1,4-5,9-10,13-15H,2-3,6H2,(H,19,20). The maximum Gasteiger partial charge on any atom is 0.228 e. The first-order valence-corrected chi connectivity index (χ1v) is 7.57. The highest BCUT2D eigenvalue weighted by molar-refractivity contribution is 6.33. The maximum atomic E-state index is 12.4. The Morgan fingerprint density at radius 3 is 2.60 bits per heavy atom. The van der Waals surface area contributed by atoms with Gasteiger partial charge in [-0.3, -0.25) is 4.79 Å². The minimum absolute atomic E-state index is 0.114. The number of halogens is 1. The van der Waals surface area contributed by atoms with E-state index < -0.39 is 0 Å². The number of amides is 1. The predicted octanol–water partition coefficient (Wildman–Crippen LogP) is 3.44. The van der Waals surface area contributed by atoms with Crippen LogP contribution in [0.15, 0.2) is 18.2 Å². The molecule has 3 aliphatic rings. The summed E-state index contributed by atoms with van der Waals surface area (Å²) in [7, 11) is 0. The van der Waals surface area contributed by atoms with Crippen LogP contribution in [0.25, 0.3) is 0 Å². The normalized spacial score (nSPS) is 36.3. The van der Waals surface area contributed by atoms with Crippen LogP contribution < -0.4 is 5.32 Å². The molecule has 20 heavy (non-hydrogen) atoms. The van der Waals surface area contributed by atoms with Crippen molar-refractivity contribution in [1.82, 2.24) is 0 Å². The van der Waals surface area contributed by atoms with Crippen LogP contribution in [0.5, 0.6) is 0 Å². The van der Waals surface area contributed by atoms with Gasteiger partial charge < -0.3 is 5.32 Å². The summed E-state index contributed by atoms with van der Waals surface area (Å²) in [6, 6.07) is 7.02. The summed E-state index contributed by atoms with van der Waals surface area (Å²) in [6.45, 7) is 0. The fourth-order valence-corrected chi connectivity index (χ4v) is 4.81. The Labute approximate surface area is 122 Å². The van der Waals surface area contributed by atoms with Crippen LogP contribution in [0.1, 0.15) is 24.8 Å². The number of rotatable bonds is 2. The Hall–Kier alpha value is -1.53. The lowest BCUT2D eigenvalue weighted by molar-refractivity contribution is -0.118. The number of benzene rings is 1.